The Morgan fingerprint density at radius 3 is 2.41 bits per heavy atom. The molecule has 2 amide bonds. The van der Waals surface area contributed by atoms with Crippen molar-refractivity contribution in [2.45, 2.75) is 44.9 Å². The van der Waals surface area contributed by atoms with E-state index in [0.717, 1.165) is 11.1 Å². The Labute approximate surface area is 189 Å². The summed E-state index contributed by atoms with van der Waals surface area (Å²) < 4.78 is 19.7. The third-order valence-corrected chi connectivity index (χ3v) is 5.49. The number of benzene rings is 2. The number of nitrogens with one attached hydrogen (secondary N) is 1. The topological polar surface area (TPSA) is 61.9 Å². The highest BCUT2D eigenvalue weighted by Crippen LogP contribution is 2.33. The monoisotopic (exact) mass is 441 g/mol. The van der Waals surface area contributed by atoms with E-state index in [9.17, 15) is 14.0 Å². The van der Waals surface area contributed by atoms with Crippen LogP contribution in [-0.4, -0.2) is 60.1 Å². The Bertz CT molecular complexity index is 930. The van der Waals surface area contributed by atoms with Crippen LogP contribution in [0.5, 0.6) is 0 Å². The first-order valence-corrected chi connectivity index (χ1v) is 10.9. The van der Waals surface area contributed by atoms with Crippen LogP contribution in [0.1, 0.15) is 44.4 Å². The second-order valence-corrected chi connectivity index (χ2v) is 9.06. The molecule has 7 heteroatoms. The average Bonchev–Trinajstić information content (AvgIpc) is 2.74. The van der Waals surface area contributed by atoms with E-state index in [0.29, 0.717) is 19.6 Å². The number of nitrogens with zero attached hydrogens (tertiary/aromatic N) is 2. The number of halogens is 1. The van der Waals surface area contributed by atoms with Gasteiger partial charge in [0.15, 0.2) is 0 Å². The van der Waals surface area contributed by atoms with Crippen molar-refractivity contribution in [3.8, 4) is 0 Å². The van der Waals surface area contributed by atoms with Crippen molar-refractivity contribution in [2.75, 3.05) is 26.7 Å². The fourth-order valence-corrected chi connectivity index (χ4v) is 4.09. The zero-order chi connectivity index (χ0) is 23.3. The van der Waals surface area contributed by atoms with Crippen LogP contribution < -0.4 is 5.32 Å². The summed E-state index contributed by atoms with van der Waals surface area (Å²) >= 11 is 0. The lowest BCUT2D eigenvalue weighted by Crippen LogP contribution is -2.57. The minimum absolute atomic E-state index is 0.114. The van der Waals surface area contributed by atoms with E-state index in [4.69, 9.17) is 4.74 Å². The predicted molar refractivity (Wildman–Crippen MR) is 122 cm³/mol. The summed E-state index contributed by atoms with van der Waals surface area (Å²) in [6.07, 6.45) is -0.171. The van der Waals surface area contributed by atoms with Gasteiger partial charge >= 0.3 is 6.09 Å². The molecule has 1 unspecified atom stereocenters. The minimum Gasteiger partial charge on any atom is -0.444 e. The van der Waals surface area contributed by atoms with Gasteiger partial charge in [0, 0.05) is 39.1 Å². The molecule has 1 aliphatic rings. The van der Waals surface area contributed by atoms with Crippen LogP contribution in [0.4, 0.5) is 9.18 Å². The molecule has 0 radical (unpaired) electrons. The Balaban J connectivity index is 1.95. The highest BCUT2D eigenvalue weighted by atomic mass is 19.1. The van der Waals surface area contributed by atoms with Gasteiger partial charge in [0.25, 0.3) is 0 Å². The van der Waals surface area contributed by atoms with Crippen LogP contribution in [-0.2, 0) is 9.53 Å². The van der Waals surface area contributed by atoms with Crippen molar-refractivity contribution in [1.82, 2.24) is 15.1 Å². The van der Waals surface area contributed by atoms with Gasteiger partial charge in [-0.2, -0.15) is 0 Å². The van der Waals surface area contributed by atoms with Crippen LogP contribution in [0.3, 0.4) is 0 Å². The summed E-state index contributed by atoms with van der Waals surface area (Å²) in [6, 6.07) is 15.9. The maximum atomic E-state index is 14.1. The molecule has 2 atom stereocenters. The summed E-state index contributed by atoms with van der Waals surface area (Å²) in [7, 11) is 1.60. The lowest BCUT2D eigenvalue weighted by Gasteiger charge is -2.45. The molecule has 3 rings (SSSR count). The zero-order valence-corrected chi connectivity index (χ0v) is 19.2. The quantitative estimate of drug-likeness (QED) is 0.763. The number of amides is 2. The Morgan fingerprint density at radius 2 is 1.78 bits per heavy atom. The first-order chi connectivity index (χ1) is 15.2. The van der Waals surface area contributed by atoms with Crippen molar-refractivity contribution in [1.29, 1.82) is 0 Å². The van der Waals surface area contributed by atoms with Crippen LogP contribution in [0.2, 0.25) is 0 Å². The van der Waals surface area contributed by atoms with Gasteiger partial charge in [-0.1, -0.05) is 42.5 Å². The molecular weight excluding hydrogens is 409 g/mol. The van der Waals surface area contributed by atoms with Gasteiger partial charge in [-0.25, -0.2) is 9.18 Å². The third-order valence-electron chi connectivity index (χ3n) is 5.49. The van der Waals surface area contributed by atoms with Gasteiger partial charge in [0.1, 0.15) is 11.4 Å². The molecule has 0 saturated carbocycles. The standard InChI is InChI=1S/C25H32FN3O3/c1-25(2,3)32-24(31)28-13-14-29(21(17-28)16-22(30)27-4)23(18-9-6-5-7-10-18)19-11-8-12-20(26)15-19/h5-12,15,21,23H,13-14,16-17H2,1-4H3,(H,27,30)/t21-,23?/m0/s1. The van der Waals surface area contributed by atoms with Crippen molar-refractivity contribution in [2.24, 2.45) is 0 Å². The van der Waals surface area contributed by atoms with Crippen LogP contribution in [0, 0.1) is 5.82 Å². The zero-order valence-electron chi connectivity index (χ0n) is 19.2. The largest absolute Gasteiger partial charge is 0.444 e. The maximum Gasteiger partial charge on any atom is 0.410 e. The van der Waals surface area contributed by atoms with Gasteiger partial charge in [-0.15, -0.1) is 0 Å². The fourth-order valence-electron chi connectivity index (χ4n) is 4.09. The Hall–Kier alpha value is -2.93. The molecule has 1 saturated heterocycles. The molecule has 0 aromatic heterocycles. The molecule has 32 heavy (non-hydrogen) atoms. The van der Waals surface area contributed by atoms with Gasteiger partial charge in [-0.05, 0) is 44.0 Å². The van der Waals surface area contributed by atoms with Gasteiger partial charge in [0.05, 0.1) is 6.04 Å². The van der Waals surface area contributed by atoms with E-state index in [2.05, 4.69) is 10.2 Å². The molecule has 1 heterocycles. The first-order valence-electron chi connectivity index (χ1n) is 10.9. The molecule has 2 aromatic rings. The molecule has 0 bridgehead atoms. The Kier molecular flexibility index (Phi) is 7.51. The van der Waals surface area contributed by atoms with Gasteiger partial charge < -0.3 is 15.0 Å². The molecule has 1 fully saturated rings. The molecule has 2 aromatic carbocycles. The SMILES string of the molecule is CNC(=O)C[C@H]1CN(C(=O)OC(C)(C)C)CCN1C(c1ccccc1)c1cccc(F)c1. The van der Waals surface area contributed by atoms with Crippen molar-refractivity contribution in [3.63, 3.8) is 0 Å². The molecule has 172 valence electrons. The first kappa shape index (κ1) is 23.7. The summed E-state index contributed by atoms with van der Waals surface area (Å²) in [6.45, 7) is 6.82. The lowest BCUT2D eigenvalue weighted by atomic mass is 9.93. The average molecular weight is 442 g/mol. The van der Waals surface area contributed by atoms with Crippen LogP contribution in [0.25, 0.3) is 0 Å². The third kappa shape index (κ3) is 6.07. The second kappa shape index (κ2) is 10.1. The molecule has 1 aliphatic heterocycles. The number of ether oxygens (including phenoxy) is 1. The fraction of sp³-hybridized carbons (Fsp3) is 0.440. The predicted octanol–water partition coefficient (Wildman–Crippen LogP) is 3.97. The summed E-state index contributed by atoms with van der Waals surface area (Å²) in [5.74, 6) is -0.421. The van der Waals surface area contributed by atoms with E-state index < -0.39 is 5.60 Å². The lowest BCUT2D eigenvalue weighted by molar-refractivity contribution is -0.122. The molecule has 0 spiro atoms. The number of rotatable bonds is 5. The van der Waals surface area contributed by atoms with E-state index in [-0.39, 0.29) is 36.3 Å². The van der Waals surface area contributed by atoms with Gasteiger partial charge in [0.2, 0.25) is 5.91 Å². The van der Waals surface area contributed by atoms with Gasteiger partial charge in [-0.3, -0.25) is 9.69 Å². The maximum absolute atomic E-state index is 14.1. The smallest absolute Gasteiger partial charge is 0.410 e. The van der Waals surface area contributed by atoms with E-state index >= 15 is 0 Å². The molecule has 6 nitrogen and oxygen atoms in total. The number of hydrogen-bond acceptors (Lipinski definition) is 4. The Morgan fingerprint density at radius 1 is 1.09 bits per heavy atom. The van der Waals surface area contributed by atoms with Crippen molar-refractivity contribution in [3.05, 3.63) is 71.5 Å². The number of hydrogen-bond donors (Lipinski definition) is 1. The second-order valence-electron chi connectivity index (χ2n) is 9.06. The number of carbonyl (C=O) groups excluding carboxylic acids is 2. The molecule has 1 N–H and O–H groups in total. The summed E-state index contributed by atoms with van der Waals surface area (Å²) in [4.78, 5) is 28.9. The molecule has 0 aliphatic carbocycles. The number of carbonyl (C=O) groups is 2. The number of piperazine rings is 1. The summed E-state index contributed by atoms with van der Waals surface area (Å²) in [5.41, 5.74) is 1.22. The van der Waals surface area contributed by atoms with E-state index in [1.807, 2.05) is 57.2 Å². The normalized spacial score (nSPS) is 18.2. The van der Waals surface area contributed by atoms with Crippen molar-refractivity contribution < 1.29 is 18.7 Å². The van der Waals surface area contributed by atoms with Crippen LogP contribution >= 0.6 is 0 Å². The van der Waals surface area contributed by atoms with E-state index in [1.165, 1.54) is 12.1 Å². The van der Waals surface area contributed by atoms with Crippen molar-refractivity contribution >= 4 is 12.0 Å². The highest BCUT2D eigenvalue weighted by molar-refractivity contribution is 5.76. The van der Waals surface area contributed by atoms with E-state index in [1.54, 1.807) is 18.0 Å². The molecular formula is C25H32FN3O3. The minimum atomic E-state index is -0.599. The van der Waals surface area contributed by atoms with Crippen LogP contribution in [0.15, 0.2) is 54.6 Å². The highest BCUT2D eigenvalue weighted by Gasteiger charge is 2.37. The summed E-state index contributed by atoms with van der Waals surface area (Å²) in [5, 5.41) is 2.68.